The summed E-state index contributed by atoms with van der Waals surface area (Å²) in [7, 11) is 1.33. The molecule has 3 atom stereocenters. The summed E-state index contributed by atoms with van der Waals surface area (Å²) in [4.78, 5) is 45.1. The average molecular weight is 432 g/mol. The molecule has 0 N–H and O–H groups in total. The Morgan fingerprint density at radius 3 is 2.56 bits per heavy atom. The molecular weight excluding hydrogens is 408 g/mol. The first-order valence-corrected chi connectivity index (χ1v) is 10.9. The molecule has 2 aromatic rings. The number of amides is 1. The first-order valence-electron chi connectivity index (χ1n) is 10.9. The Morgan fingerprint density at radius 2 is 1.84 bits per heavy atom. The van der Waals surface area contributed by atoms with Gasteiger partial charge in [0.25, 0.3) is 5.91 Å². The van der Waals surface area contributed by atoms with Gasteiger partial charge < -0.3 is 9.47 Å². The van der Waals surface area contributed by atoms with Crippen LogP contribution in [-0.4, -0.2) is 35.9 Å². The monoisotopic (exact) mass is 432 g/mol. The lowest BCUT2D eigenvalue weighted by atomic mass is 9.77. The Kier molecular flexibility index (Phi) is 5.04. The van der Waals surface area contributed by atoms with E-state index in [0.29, 0.717) is 22.5 Å². The molecule has 1 fully saturated rings. The van der Waals surface area contributed by atoms with E-state index < -0.39 is 12.0 Å². The molecule has 7 heteroatoms. The maximum absolute atomic E-state index is 13.6. The molecule has 1 aromatic heterocycles. The predicted molar refractivity (Wildman–Crippen MR) is 116 cm³/mol. The fourth-order valence-corrected chi connectivity index (χ4v) is 4.98. The minimum atomic E-state index is -0.658. The summed E-state index contributed by atoms with van der Waals surface area (Å²) in [6.07, 6.45) is 3.28. The molecule has 0 bridgehead atoms. The van der Waals surface area contributed by atoms with Crippen LogP contribution in [0.1, 0.15) is 53.3 Å². The molecule has 1 saturated carbocycles. The van der Waals surface area contributed by atoms with Gasteiger partial charge in [0.2, 0.25) is 0 Å². The standard InChI is InChI=1S/C25H24N2O5/c1-14-6-5-9-19(26-14)27-21(15-10-12-16(13-11-15)25(30)31-2)20-22(28)17-7-3-4-8-18(17)32-23(20)24(27)29/h5-6,9-13,17-18,21H,3-4,7-8H2,1-2H3. The van der Waals surface area contributed by atoms with Gasteiger partial charge in [0.05, 0.1) is 30.2 Å². The summed E-state index contributed by atoms with van der Waals surface area (Å²) >= 11 is 0. The smallest absolute Gasteiger partial charge is 0.337 e. The SMILES string of the molecule is COC(=O)c1ccc(C2C3=C(OC4CCCCC4C3=O)C(=O)N2c2cccc(C)n2)cc1. The summed E-state index contributed by atoms with van der Waals surface area (Å²) in [6.45, 7) is 1.85. The summed E-state index contributed by atoms with van der Waals surface area (Å²) in [5.41, 5.74) is 2.27. The number of esters is 1. The van der Waals surface area contributed by atoms with Crippen LogP contribution in [0, 0.1) is 12.8 Å². The molecule has 7 nitrogen and oxygen atoms in total. The third-order valence-corrected chi connectivity index (χ3v) is 6.53. The van der Waals surface area contributed by atoms with Gasteiger partial charge in [-0.2, -0.15) is 0 Å². The predicted octanol–water partition coefficient (Wildman–Crippen LogP) is 3.68. The first-order chi connectivity index (χ1) is 15.5. The van der Waals surface area contributed by atoms with E-state index in [0.717, 1.165) is 31.4 Å². The van der Waals surface area contributed by atoms with E-state index in [1.165, 1.54) is 7.11 Å². The number of aryl methyl sites for hydroxylation is 1. The second-order valence-electron chi connectivity index (χ2n) is 8.48. The van der Waals surface area contributed by atoms with Crippen LogP contribution in [-0.2, 0) is 19.1 Å². The van der Waals surface area contributed by atoms with E-state index in [1.807, 2.05) is 19.1 Å². The van der Waals surface area contributed by atoms with Gasteiger partial charge in [-0.05, 0) is 56.0 Å². The number of pyridine rings is 1. The highest BCUT2D eigenvalue weighted by atomic mass is 16.5. The molecule has 1 aliphatic carbocycles. The lowest BCUT2D eigenvalue weighted by Gasteiger charge is -2.35. The number of fused-ring (bicyclic) bond motifs is 1. The third-order valence-electron chi connectivity index (χ3n) is 6.53. The number of ether oxygens (including phenoxy) is 2. The van der Waals surface area contributed by atoms with Gasteiger partial charge in [0.15, 0.2) is 11.5 Å². The van der Waals surface area contributed by atoms with E-state index in [1.54, 1.807) is 35.2 Å². The van der Waals surface area contributed by atoms with Crippen LogP contribution in [0.3, 0.4) is 0 Å². The highest BCUT2D eigenvalue weighted by Crippen LogP contribution is 2.47. The van der Waals surface area contributed by atoms with E-state index in [-0.39, 0.29) is 29.5 Å². The summed E-state index contributed by atoms with van der Waals surface area (Å²) in [5.74, 6) is -0.427. The van der Waals surface area contributed by atoms with Crippen LogP contribution in [0.25, 0.3) is 0 Å². The number of rotatable bonds is 3. The number of carbonyl (C=O) groups excluding carboxylic acids is 3. The van der Waals surface area contributed by atoms with E-state index in [9.17, 15) is 14.4 Å². The van der Waals surface area contributed by atoms with Crippen LogP contribution in [0.2, 0.25) is 0 Å². The Morgan fingerprint density at radius 1 is 1.09 bits per heavy atom. The molecule has 5 rings (SSSR count). The minimum Gasteiger partial charge on any atom is -0.483 e. The minimum absolute atomic E-state index is 0.0125. The maximum Gasteiger partial charge on any atom is 0.337 e. The van der Waals surface area contributed by atoms with Crippen LogP contribution in [0.5, 0.6) is 0 Å². The fourth-order valence-electron chi connectivity index (χ4n) is 4.98. The maximum atomic E-state index is 13.6. The van der Waals surface area contributed by atoms with Crippen molar-refractivity contribution in [1.82, 2.24) is 4.98 Å². The molecule has 3 unspecified atom stereocenters. The van der Waals surface area contributed by atoms with Crippen LogP contribution in [0.15, 0.2) is 53.8 Å². The molecule has 2 aliphatic heterocycles. The van der Waals surface area contributed by atoms with Crippen molar-refractivity contribution >= 4 is 23.5 Å². The van der Waals surface area contributed by atoms with Gasteiger partial charge in [-0.1, -0.05) is 24.6 Å². The number of aromatic nitrogens is 1. The Labute approximate surface area is 186 Å². The summed E-state index contributed by atoms with van der Waals surface area (Å²) in [5, 5.41) is 0. The van der Waals surface area contributed by atoms with Gasteiger partial charge in [-0.15, -0.1) is 0 Å². The number of Topliss-reactive ketones (excluding diaryl/α,β-unsaturated/α-hetero) is 1. The van der Waals surface area contributed by atoms with E-state index >= 15 is 0 Å². The van der Waals surface area contributed by atoms with Crippen molar-refractivity contribution in [3.63, 3.8) is 0 Å². The second kappa shape index (κ2) is 7.89. The van der Waals surface area contributed by atoms with Crippen LogP contribution in [0.4, 0.5) is 5.82 Å². The van der Waals surface area contributed by atoms with Gasteiger partial charge in [-0.25, -0.2) is 9.78 Å². The number of benzene rings is 1. The van der Waals surface area contributed by atoms with Gasteiger partial charge in [0.1, 0.15) is 11.9 Å². The van der Waals surface area contributed by atoms with Crippen molar-refractivity contribution in [2.24, 2.45) is 5.92 Å². The van der Waals surface area contributed by atoms with Crippen LogP contribution >= 0.6 is 0 Å². The zero-order valence-corrected chi connectivity index (χ0v) is 18.0. The molecule has 1 amide bonds. The van der Waals surface area contributed by atoms with Gasteiger partial charge in [-0.3, -0.25) is 14.5 Å². The molecule has 1 aromatic carbocycles. The third kappa shape index (κ3) is 3.20. The van der Waals surface area contributed by atoms with Crippen molar-refractivity contribution < 1.29 is 23.9 Å². The van der Waals surface area contributed by atoms with Crippen molar-refractivity contribution in [1.29, 1.82) is 0 Å². The van der Waals surface area contributed by atoms with E-state index in [2.05, 4.69) is 4.98 Å². The van der Waals surface area contributed by atoms with Gasteiger partial charge in [0, 0.05) is 5.69 Å². The molecule has 3 heterocycles. The first kappa shape index (κ1) is 20.4. The molecule has 3 aliphatic rings. The lowest BCUT2D eigenvalue weighted by Crippen LogP contribution is -2.39. The zero-order valence-electron chi connectivity index (χ0n) is 18.0. The highest BCUT2D eigenvalue weighted by molar-refractivity contribution is 6.17. The van der Waals surface area contributed by atoms with E-state index in [4.69, 9.17) is 9.47 Å². The number of hydrogen-bond donors (Lipinski definition) is 0. The Hall–Kier alpha value is -3.48. The number of anilines is 1. The normalized spacial score (nSPS) is 24.7. The summed E-state index contributed by atoms with van der Waals surface area (Å²) in [6, 6.07) is 11.6. The van der Waals surface area contributed by atoms with Crippen molar-refractivity contribution in [2.45, 2.75) is 44.8 Å². The quantitative estimate of drug-likeness (QED) is 0.688. The largest absolute Gasteiger partial charge is 0.483 e. The van der Waals surface area contributed by atoms with Crippen molar-refractivity contribution in [3.05, 3.63) is 70.6 Å². The Bertz CT molecular complexity index is 1140. The Balaban J connectivity index is 1.63. The molecule has 0 spiro atoms. The average Bonchev–Trinajstić information content (AvgIpc) is 3.11. The molecule has 32 heavy (non-hydrogen) atoms. The molecule has 0 saturated heterocycles. The highest BCUT2D eigenvalue weighted by Gasteiger charge is 2.52. The van der Waals surface area contributed by atoms with Crippen molar-refractivity contribution in [2.75, 3.05) is 12.0 Å². The molecular formula is C25H24N2O5. The van der Waals surface area contributed by atoms with Gasteiger partial charge >= 0.3 is 5.97 Å². The van der Waals surface area contributed by atoms with Crippen LogP contribution < -0.4 is 4.90 Å². The second-order valence-corrected chi connectivity index (χ2v) is 8.48. The number of methoxy groups -OCH3 is 1. The number of ketones is 1. The zero-order chi connectivity index (χ0) is 22.4. The number of carbonyl (C=O) groups is 3. The lowest BCUT2D eigenvalue weighted by molar-refractivity contribution is -0.131. The topological polar surface area (TPSA) is 85.8 Å². The number of nitrogens with zero attached hydrogens (tertiary/aromatic N) is 2. The fraction of sp³-hybridized carbons (Fsp3) is 0.360. The number of hydrogen-bond acceptors (Lipinski definition) is 6. The van der Waals surface area contributed by atoms with Crippen molar-refractivity contribution in [3.8, 4) is 0 Å². The molecule has 0 radical (unpaired) electrons. The molecule has 164 valence electrons. The summed E-state index contributed by atoms with van der Waals surface area (Å²) < 4.78 is 11.0.